The SMILES string of the molecule is COc1ccc(C(C)N(c2ccc(OC)cc2)S(=O)(=O)c2ccc(C)c(Cl)c2)cc1. The van der Waals surface area contributed by atoms with Crippen molar-refractivity contribution in [3.05, 3.63) is 82.9 Å². The summed E-state index contributed by atoms with van der Waals surface area (Å²) in [7, 11) is -0.741. The monoisotopic (exact) mass is 445 g/mol. The molecule has 0 saturated heterocycles. The summed E-state index contributed by atoms with van der Waals surface area (Å²) in [6, 6.07) is 18.6. The zero-order valence-corrected chi connectivity index (χ0v) is 18.9. The fourth-order valence-corrected chi connectivity index (χ4v) is 5.08. The molecule has 0 saturated carbocycles. The maximum absolute atomic E-state index is 13.7. The Morgan fingerprint density at radius 2 is 1.40 bits per heavy atom. The molecule has 0 aliphatic heterocycles. The second kappa shape index (κ2) is 8.98. The number of nitrogens with zero attached hydrogens (tertiary/aromatic N) is 1. The number of methoxy groups -OCH3 is 2. The normalized spacial score (nSPS) is 12.3. The maximum atomic E-state index is 13.7. The van der Waals surface area contributed by atoms with Crippen LogP contribution in [0.4, 0.5) is 5.69 Å². The number of sulfonamides is 1. The summed E-state index contributed by atoms with van der Waals surface area (Å²) in [4.78, 5) is 0.134. The van der Waals surface area contributed by atoms with Gasteiger partial charge in [-0.25, -0.2) is 8.42 Å². The summed E-state index contributed by atoms with van der Waals surface area (Å²) in [6.45, 7) is 3.68. The van der Waals surface area contributed by atoms with Crippen molar-refractivity contribution in [1.82, 2.24) is 0 Å². The lowest BCUT2D eigenvalue weighted by Gasteiger charge is -2.31. The lowest BCUT2D eigenvalue weighted by Crippen LogP contribution is -2.33. The highest BCUT2D eigenvalue weighted by Gasteiger charge is 2.31. The summed E-state index contributed by atoms with van der Waals surface area (Å²) < 4.78 is 39.2. The van der Waals surface area contributed by atoms with Crippen LogP contribution in [-0.2, 0) is 10.0 Å². The molecule has 0 aromatic heterocycles. The largest absolute Gasteiger partial charge is 0.497 e. The molecule has 5 nitrogen and oxygen atoms in total. The molecular formula is C23H24ClNO4S. The van der Waals surface area contributed by atoms with E-state index in [2.05, 4.69) is 0 Å². The number of hydrogen-bond acceptors (Lipinski definition) is 4. The van der Waals surface area contributed by atoms with E-state index in [1.807, 2.05) is 38.1 Å². The van der Waals surface area contributed by atoms with Gasteiger partial charge in [0.1, 0.15) is 11.5 Å². The van der Waals surface area contributed by atoms with E-state index in [0.29, 0.717) is 22.2 Å². The molecule has 3 aromatic rings. The average Bonchev–Trinajstić information content (AvgIpc) is 2.76. The predicted octanol–water partition coefficient (Wildman–Crippen LogP) is 5.62. The number of aryl methyl sites for hydroxylation is 1. The first-order valence-electron chi connectivity index (χ1n) is 9.36. The Morgan fingerprint density at radius 1 is 0.867 bits per heavy atom. The maximum Gasteiger partial charge on any atom is 0.264 e. The third-order valence-corrected chi connectivity index (χ3v) is 7.28. The van der Waals surface area contributed by atoms with Crippen molar-refractivity contribution in [2.45, 2.75) is 24.8 Å². The van der Waals surface area contributed by atoms with E-state index in [0.717, 1.165) is 11.1 Å². The van der Waals surface area contributed by atoms with E-state index in [1.54, 1.807) is 50.6 Å². The van der Waals surface area contributed by atoms with Crippen LogP contribution in [0.3, 0.4) is 0 Å². The van der Waals surface area contributed by atoms with Crippen molar-refractivity contribution in [2.24, 2.45) is 0 Å². The molecule has 1 unspecified atom stereocenters. The summed E-state index contributed by atoms with van der Waals surface area (Å²) in [5, 5.41) is 0.405. The Balaban J connectivity index is 2.13. The van der Waals surface area contributed by atoms with Gasteiger partial charge in [0.15, 0.2) is 0 Å². The minimum absolute atomic E-state index is 0.134. The van der Waals surface area contributed by atoms with Crippen LogP contribution >= 0.6 is 11.6 Å². The average molecular weight is 446 g/mol. The lowest BCUT2D eigenvalue weighted by atomic mass is 10.1. The minimum atomic E-state index is -3.90. The Labute approximate surface area is 182 Å². The summed E-state index contributed by atoms with van der Waals surface area (Å²) in [6.07, 6.45) is 0. The topological polar surface area (TPSA) is 55.8 Å². The number of halogens is 1. The number of rotatable bonds is 7. The molecule has 0 radical (unpaired) electrons. The predicted molar refractivity (Wildman–Crippen MR) is 120 cm³/mol. The second-order valence-electron chi connectivity index (χ2n) is 6.86. The van der Waals surface area contributed by atoms with Crippen LogP contribution in [0.15, 0.2) is 71.6 Å². The van der Waals surface area contributed by atoms with Crippen molar-refractivity contribution in [3.8, 4) is 11.5 Å². The van der Waals surface area contributed by atoms with Crippen LogP contribution < -0.4 is 13.8 Å². The van der Waals surface area contributed by atoms with Crippen LogP contribution in [0, 0.1) is 6.92 Å². The first kappa shape index (κ1) is 22.0. The van der Waals surface area contributed by atoms with Gasteiger partial charge in [0.2, 0.25) is 0 Å². The smallest absolute Gasteiger partial charge is 0.264 e. The zero-order valence-electron chi connectivity index (χ0n) is 17.3. The number of ether oxygens (including phenoxy) is 2. The molecule has 3 rings (SSSR count). The van der Waals surface area contributed by atoms with E-state index in [1.165, 1.54) is 10.4 Å². The summed E-state index contributed by atoms with van der Waals surface area (Å²) in [5.74, 6) is 1.35. The van der Waals surface area contributed by atoms with Crippen LogP contribution in [-0.4, -0.2) is 22.6 Å². The lowest BCUT2D eigenvalue weighted by molar-refractivity contribution is 0.414. The van der Waals surface area contributed by atoms with Crippen LogP contribution in [0.25, 0.3) is 0 Å². The van der Waals surface area contributed by atoms with Crippen molar-refractivity contribution in [2.75, 3.05) is 18.5 Å². The highest BCUT2D eigenvalue weighted by Crippen LogP contribution is 2.35. The quantitative estimate of drug-likeness (QED) is 0.473. The Kier molecular flexibility index (Phi) is 6.58. The number of benzene rings is 3. The van der Waals surface area contributed by atoms with E-state index in [9.17, 15) is 8.42 Å². The summed E-state index contributed by atoms with van der Waals surface area (Å²) in [5.41, 5.74) is 2.17. The Bertz CT molecular complexity index is 1110. The van der Waals surface area contributed by atoms with Crippen LogP contribution in [0.1, 0.15) is 24.1 Å². The zero-order chi connectivity index (χ0) is 21.9. The molecule has 0 heterocycles. The molecule has 30 heavy (non-hydrogen) atoms. The van der Waals surface area contributed by atoms with Crippen molar-refractivity contribution in [1.29, 1.82) is 0 Å². The highest BCUT2D eigenvalue weighted by atomic mass is 35.5. The Hall–Kier alpha value is -2.70. The van der Waals surface area contributed by atoms with Crippen LogP contribution in [0.5, 0.6) is 11.5 Å². The van der Waals surface area contributed by atoms with E-state index in [-0.39, 0.29) is 4.90 Å². The van der Waals surface area contributed by atoms with Gasteiger partial charge in [-0.15, -0.1) is 0 Å². The fourth-order valence-electron chi connectivity index (χ4n) is 3.17. The summed E-state index contributed by atoms with van der Waals surface area (Å²) >= 11 is 6.23. The molecule has 0 fully saturated rings. The first-order valence-corrected chi connectivity index (χ1v) is 11.2. The van der Waals surface area contributed by atoms with Gasteiger partial charge in [-0.2, -0.15) is 0 Å². The molecular weight excluding hydrogens is 422 g/mol. The van der Waals surface area contributed by atoms with E-state index < -0.39 is 16.1 Å². The van der Waals surface area contributed by atoms with E-state index in [4.69, 9.17) is 21.1 Å². The molecule has 1 atom stereocenters. The van der Waals surface area contributed by atoms with Gasteiger partial charge in [0.25, 0.3) is 10.0 Å². The van der Waals surface area contributed by atoms with Gasteiger partial charge in [0, 0.05) is 5.02 Å². The van der Waals surface area contributed by atoms with Gasteiger partial charge in [-0.3, -0.25) is 4.31 Å². The second-order valence-corrected chi connectivity index (χ2v) is 9.08. The molecule has 7 heteroatoms. The van der Waals surface area contributed by atoms with Crippen LogP contribution in [0.2, 0.25) is 5.02 Å². The molecule has 0 bridgehead atoms. The molecule has 0 aliphatic carbocycles. The van der Waals surface area contributed by atoms with Gasteiger partial charge < -0.3 is 9.47 Å². The third-order valence-electron chi connectivity index (χ3n) is 4.98. The van der Waals surface area contributed by atoms with Gasteiger partial charge in [-0.1, -0.05) is 29.8 Å². The molecule has 158 valence electrons. The van der Waals surface area contributed by atoms with Crippen molar-refractivity contribution < 1.29 is 17.9 Å². The minimum Gasteiger partial charge on any atom is -0.497 e. The molecule has 0 spiro atoms. The van der Waals surface area contributed by atoms with Gasteiger partial charge in [0.05, 0.1) is 30.8 Å². The molecule has 0 aliphatic rings. The van der Waals surface area contributed by atoms with Gasteiger partial charge in [-0.05, 0) is 73.5 Å². The number of anilines is 1. The fraction of sp³-hybridized carbons (Fsp3) is 0.217. The molecule has 0 amide bonds. The van der Waals surface area contributed by atoms with Gasteiger partial charge >= 0.3 is 0 Å². The first-order chi connectivity index (χ1) is 14.3. The highest BCUT2D eigenvalue weighted by molar-refractivity contribution is 7.92. The third kappa shape index (κ3) is 4.40. The van der Waals surface area contributed by atoms with Crippen molar-refractivity contribution >= 4 is 27.3 Å². The molecule has 3 aromatic carbocycles. The Morgan fingerprint density at radius 3 is 1.90 bits per heavy atom. The number of hydrogen-bond donors (Lipinski definition) is 0. The van der Waals surface area contributed by atoms with Crippen molar-refractivity contribution in [3.63, 3.8) is 0 Å². The standard InChI is InChI=1S/C23H24ClNO4S/c1-16-5-14-22(15-23(16)24)30(26,27)25(19-8-12-21(29-4)13-9-19)17(2)18-6-10-20(28-3)11-7-18/h5-15,17H,1-4H3. The van der Waals surface area contributed by atoms with E-state index >= 15 is 0 Å². The molecule has 0 N–H and O–H groups in total.